The molecule has 3 N–H and O–H groups in total. The van der Waals surface area contributed by atoms with Crippen molar-refractivity contribution >= 4 is 24.0 Å². The summed E-state index contributed by atoms with van der Waals surface area (Å²) in [4.78, 5) is 4.35. The first-order chi connectivity index (χ1) is 8.63. The summed E-state index contributed by atoms with van der Waals surface area (Å²) < 4.78 is 0. The van der Waals surface area contributed by atoms with Gasteiger partial charge in [-0.15, -0.1) is 12.4 Å². The Morgan fingerprint density at radius 1 is 1.37 bits per heavy atom. The minimum Gasteiger partial charge on any atom is -0.394 e. The monoisotopic (exact) mass is 298 g/mol. The van der Waals surface area contributed by atoms with Gasteiger partial charge in [0.05, 0.1) is 18.3 Å². The molecule has 0 saturated heterocycles. The SMILES string of the molecule is Cc1cccnc1-c1cc(C(N)CO)ccc1Cl.Cl. The second-order valence-electron chi connectivity index (χ2n) is 4.20. The second kappa shape index (κ2) is 6.87. The molecule has 0 amide bonds. The molecule has 1 aromatic carbocycles. The largest absolute Gasteiger partial charge is 0.394 e. The fourth-order valence-electron chi connectivity index (χ4n) is 1.83. The number of pyridine rings is 1. The summed E-state index contributed by atoms with van der Waals surface area (Å²) in [5, 5.41) is 9.73. The molecule has 0 radical (unpaired) electrons. The van der Waals surface area contributed by atoms with Gasteiger partial charge in [-0.1, -0.05) is 23.7 Å². The molecule has 1 atom stereocenters. The highest BCUT2D eigenvalue weighted by Crippen LogP contribution is 2.30. The maximum atomic E-state index is 9.10. The van der Waals surface area contributed by atoms with E-state index in [2.05, 4.69) is 4.98 Å². The lowest BCUT2D eigenvalue weighted by molar-refractivity contribution is 0.268. The average molecular weight is 299 g/mol. The fourth-order valence-corrected chi connectivity index (χ4v) is 2.04. The summed E-state index contributed by atoms with van der Waals surface area (Å²) in [5.41, 5.74) is 9.40. The number of benzene rings is 1. The standard InChI is InChI=1S/C14H15ClN2O.ClH/c1-9-3-2-6-17-14(9)11-7-10(13(16)8-18)4-5-12(11)15;/h2-7,13,18H,8,16H2,1H3;1H. The maximum absolute atomic E-state index is 9.10. The summed E-state index contributed by atoms with van der Waals surface area (Å²) in [6.07, 6.45) is 1.73. The molecule has 0 aliphatic rings. The molecule has 0 aliphatic carbocycles. The van der Waals surface area contributed by atoms with Crippen molar-refractivity contribution in [2.24, 2.45) is 5.73 Å². The number of hydrogen-bond donors (Lipinski definition) is 2. The van der Waals surface area contributed by atoms with Crippen LogP contribution in [0.4, 0.5) is 0 Å². The lowest BCUT2D eigenvalue weighted by Crippen LogP contribution is -2.14. The van der Waals surface area contributed by atoms with Crippen molar-refractivity contribution in [1.29, 1.82) is 0 Å². The highest BCUT2D eigenvalue weighted by molar-refractivity contribution is 6.33. The number of nitrogens with zero attached hydrogens (tertiary/aromatic N) is 1. The Morgan fingerprint density at radius 2 is 2.11 bits per heavy atom. The minimum absolute atomic E-state index is 0. The molecule has 2 aromatic rings. The summed E-state index contributed by atoms with van der Waals surface area (Å²) >= 11 is 6.21. The number of hydrogen-bond acceptors (Lipinski definition) is 3. The zero-order valence-electron chi connectivity index (χ0n) is 10.5. The molecule has 1 aromatic heterocycles. The third kappa shape index (κ3) is 3.45. The molecule has 1 unspecified atom stereocenters. The van der Waals surface area contributed by atoms with E-state index in [1.165, 1.54) is 0 Å². The molecule has 19 heavy (non-hydrogen) atoms. The number of halogens is 2. The summed E-state index contributed by atoms with van der Waals surface area (Å²) in [6, 6.07) is 8.97. The molecule has 0 fully saturated rings. The smallest absolute Gasteiger partial charge is 0.0746 e. The minimum atomic E-state index is -0.398. The zero-order valence-corrected chi connectivity index (χ0v) is 12.1. The maximum Gasteiger partial charge on any atom is 0.0746 e. The van der Waals surface area contributed by atoms with E-state index >= 15 is 0 Å². The van der Waals surface area contributed by atoms with Crippen LogP contribution in [0.25, 0.3) is 11.3 Å². The van der Waals surface area contributed by atoms with E-state index in [4.69, 9.17) is 22.4 Å². The molecule has 5 heteroatoms. The van der Waals surface area contributed by atoms with Gasteiger partial charge in [-0.05, 0) is 36.2 Å². The fraction of sp³-hybridized carbons (Fsp3) is 0.214. The Morgan fingerprint density at radius 3 is 2.74 bits per heavy atom. The van der Waals surface area contributed by atoms with E-state index in [1.807, 2.05) is 31.2 Å². The van der Waals surface area contributed by atoms with Crippen LogP contribution in [0.5, 0.6) is 0 Å². The van der Waals surface area contributed by atoms with Crippen molar-refractivity contribution in [2.45, 2.75) is 13.0 Å². The van der Waals surface area contributed by atoms with E-state index < -0.39 is 6.04 Å². The molecule has 3 nitrogen and oxygen atoms in total. The van der Waals surface area contributed by atoms with Crippen LogP contribution in [0.1, 0.15) is 17.2 Å². The number of aryl methyl sites for hydroxylation is 1. The molecule has 2 rings (SSSR count). The van der Waals surface area contributed by atoms with Crippen LogP contribution < -0.4 is 5.73 Å². The predicted octanol–water partition coefficient (Wildman–Crippen LogP) is 3.12. The second-order valence-corrected chi connectivity index (χ2v) is 4.60. The van der Waals surface area contributed by atoms with Gasteiger partial charge in [-0.25, -0.2) is 0 Å². The highest BCUT2D eigenvalue weighted by atomic mass is 35.5. The molecular weight excluding hydrogens is 283 g/mol. The predicted molar refractivity (Wildman–Crippen MR) is 80.7 cm³/mol. The third-order valence-corrected chi connectivity index (χ3v) is 3.21. The molecule has 0 aliphatic heterocycles. The van der Waals surface area contributed by atoms with Gasteiger partial charge in [0.15, 0.2) is 0 Å². The normalized spacial score (nSPS) is 11.8. The Labute approximate surface area is 123 Å². The average Bonchev–Trinajstić information content (AvgIpc) is 2.39. The van der Waals surface area contributed by atoms with Crippen LogP contribution in [0, 0.1) is 6.92 Å². The Bertz CT molecular complexity index is 561. The lowest BCUT2D eigenvalue weighted by Gasteiger charge is -2.12. The van der Waals surface area contributed by atoms with Crippen molar-refractivity contribution in [1.82, 2.24) is 4.98 Å². The van der Waals surface area contributed by atoms with Gasteiger partial charge in [0.25, 0.3) is 0 Å². The molecule has 102 valence electrons. The number of nitrogens with two attached hydrogens (primary N) is 1. The summed E-state index contributed by atoms with van der Waals surface area (Å²) in [5.74, 6) is 0. The first-order valence-electron chi connectivity index (χ1n) is 5.71. The van der Waals surface area contributed by atoms with Crippen molar-refractivity contribution in [3.8, 4) is 11.3 Å². The number of aliphatic hydroxyl groups excluding tert-OH is 1. The number of aliphatic hydroxyl groups is 1. The van der Waals surface area contributed by atoms with Gasteiger partial charge in [0.1, 0.15) is 0 Å². The van der Waals surface area contributed by atoms with Crippen molar-refractivity contribution < 1.29 is 5.11 Å². The lowest BCUT2D eigenvalue weighted by atomic mass is 10.0. The molecule has 1 heterocycles. The first kappa shape index (κ1) is 15.9. The van der Waals surface area contributed by atoms with Crippen LogP contribution >= 0.6 is 24.0 Å². The van der Waals surface area contributed by atoms with Crippen molar-refractivity contribution in [3.05, 3.63) is 52.7 Å². The quantitative estimate of drug-likeness (QED) is 0.915. The third-order valence-electron chi connectivity index (χ3n) is 2.88. The van der Waals surface area contributed by atoms with Gasteiger partial charge in [-0.2, -0.15) is 0 Å². The van der Waals surface area contributed by atoms with Crippen LogP contribution in [-0.2, 0) is 0 Å². The van der Waals surface area contributed by atoms with Crippen molar-refractivity contribution in [3.63, 3.8) is 0 Å². The van der Waals surface area contributed by atoms with Gasteiger partial charge in [0.2, 0.25) is 0 Å². The molecule has 0 spiro atoms. The zero-order chi connectivity index (χ0) is 13.1. The molecule has 0 saturated carbocycles. The van der Waals surface area contributed by atoms with Crippen LogP contribution in [0.3, 0.4) is 0 Å². The molecule has 0 bridgehead atoms. The summed E-state index contributed by atoms with van der Waals surface area (Å²) in [6.45, 7) is 1.89. The topological polar surface area (TPSA) is 59.1 Å². The van der Waals surface area contributed by atoms with Gasteiger partial charge in [0, 0.05) is 16.8 Å². The van der Waals surface area contributed by atoms with E-state index in [0.29, 0.717) is 5.02 Å². The van der Waals surface area contributed by atoms with Crippen molar-refractivity contribution in [2.75, 3.05) is 6.61 Å². The summed E-state index contributed by atoms with van der Waals surface area (Å²) in [7, 11) is 0. The van der Waals surface area contributed by atoms with E-state index in [-0.39, 0.29) is 19.0 Å². The number of aromatic nitrogens is 1. The Hall–Kier alpha value is -1.13. The van der Waals surface area contributed by atoms with Gasteiger partial charge in [-0.3, -0.25) is 4.98 Å². The van der Waals surface area contributed by atoms with Crippen LogP contribution in [0.2, 0.25) is 5.02 Å². The van der Waals surface area contributed by atoms with Crippen LogP contribution in [0.15, 0.2) is 36.5 Å². The highest BCUT2D eigenvalue weighted by Gasteiger charge is 2.11. The number of rotatable bonds is 3. The Balaban J connectivity index is 0.00000180. The van der Waals surface area contributed by atoms with Gasteiger partial charge < -0.3 is 10.8 Å². The molecular formula is C14H16Cl2N2O. The van der Waals surface area contributed by atoms with E-state index in [0.717, 1.165) is 22.4 Å². The first-order valence-corrected chi connectivity index (χ1v) is 6.09. The van der Waals surface area contributed by atoms with E-state index in [1.54, 1.807) is 12.3 Å². The Kier molecular flexibility index (Phi) is 5.76. The van der Waals surface area contributed by atoms with Crippen LogP contribution in [-0.4, -0.2) is 16.7 Å². The van der Waals surface area contributed by atoms with Gasteiger partial charge >= 0.3 is 0 Å². The van der Waals surface area contributed by atoms with E-state index in [9.17, 15) is 0 Å².